The molecular formula is C13H19N3O4. The number of ether oxygens (including phenoxy) is 2. The number of carbonyl (C=O) groups excluding carboxylic acids is 1. The molecule has 1 aromatic carbocycles. The molecule has 1 amide bonds. The Morgan fingerprint density at radius 1 is 1.60 bits per heavy atom. The van der Waals surface area contributed by atoms with Gasteiger partial charge in [-0.3, -0.25) is 4.79 Å². The van der Waals surface area contributed by atoms with E-state index in [0.29, 0.717) is 35.8 Å². The number of benzene rings is 1. The quantitative estimate of drug-likeness (QED) is 0.563. The molecule has 0 radical (unpaired) electrons. The van der Waals surface area contributed by atoms with Gasteiger partial charge in [-0.1, -0.05) is 0 Å². The fourth-order valence-electron chi connectivity index (χ4n) is 2.04. The molecule has 0 fully saturated rings. The molecule has 1 atom stereocenters. The number of carbonyl (C=O) groups is 1. The minimum Gasteiger partial charge on any atom is -0.482 e. The van der Waals surface area contributed by atoms with E-state index in [-0.39, 0.29) is 25.2 Å². The number of nitrogens with one attached hydrogen (secondary N) is 2. The number of rotatable bonds is 6. The van der Waals surface area contributed by atoms with E-state index in [0.717, 1.165) is 0 Å². The molecule has 2 rings (SSSR count). The van der Waals surface area contributed by atoms with Gasteiger partial charge in [-0.2, -0.15) is 0 Å². The molecule has 0 saturated heterocycles. The van der Waals surface area contributed by atoms with E-state index in [2.05, 4.69) is 10.6 Å². The Labute approximate surface area is 117 Å². The zero-order chi connectivity index (χ0) is 14.5. The molecule has 0 bridgehead atoms. The minimum atomic E-state index is -0.197. The monoisotopic (exact) mass is 281 g/mol. The molecular weight excluding hydrogens is 262 g/mol. The molecule has 0 aromatic heterocycles. The Morgan fingerprint density at radius 2 is 2.40 bits per heavy atom. The lowest BCUT2D eigenvalue weighted by molar-refractivity contribution is -0.118. The predicted octanol–water partition coefficient (Wildman–Crippen LogP) is 0.409. The van der Waals surface area contributed by atoms with E-state index >= 15 is 0 Å². The Hall–Kier alpha value is -1.99. The van der Waals surface area contributed by atoms with Crippen molar-refractivity contribution in [3.63, 3.8) is 0 Å². The number of fused-ring (bicyclic) bond motifs is 1. The van der Waals surface area contributed by atoms with Crippen LogP contribution in [0, 0.1) is 0 Å². The molecule has 1 heterocycles. The van der Waals surface area contributed by atoms with Gasteiger partial charge in [-0.15, -0.1) is 0 Å². The molecule has 7 heteroatoms. The summed E-state index contributed by atoms with van der Waals surface area (Å²) in [6, 6.07) is 3.33. The second kappa shape index (κ2) is 6.44. The predicted molar refractivity (Wildman–Crippen MR) is 76.0 cm³/mol. The summed E-state index contributed by atoms with van der Waals surface area (Å²) in [6.45, 7) is 0.488. The van der Waals surface area contributed by atoms with Gasteiger partial charge in [-0.05, 0) is 12.5 Å². The van der Waals surface area contributed by atoms with Crippen molar-refractivity contribution in [2.75, 3.05) is 43.3 Å². The maximum absolute atomic E-state index is 11.3. The highest BCUT2D eigenvalue weighted by molar-refractivity contribution is 5.97. The molecule has 1 aliphatic rings. The zero-order valence-electron chi connectivity index (χ0n) is 11.3. The number of hydrogen-bond acceptors (Lipinski definition) is 6. The van der Waals surface area contributed by atoms with Crippen LogP contribution < -0.4 is 21.1 Å². The van der Waals surface area contributed by atoms with Gasteiger partial charge in [0, 0.05) is 19.8 Å². The lowest BCUT2D eigenvalue weighted by atomic mass is 10.1. The molecule has 1 aromatic rings. The average Bonchev–Trinajstić information content (AvgIpc) is 2.41. The molecule has 20 heavy (non-hydrogen) atoms. The van der Waals surface area contributed by atoms with E-state index in [9.17, 15) is 4.79 Å². The second-order valence-corrected chi connectivity index (χ2v) is 4.58. The van der Waals surface area contributed by atoms with Crippen LogP contribution in [0.1, 0.15) is 6.42 Å². The highest BCUT2D eigenvalue weighted by atomic mass is 16.5. The third-order valence-corrected chi connectivity index (χ3v) is 2.99. The van der Waals surface area contributed by atoms with Crippen LogP contribution >= 0.6 is 0 Å². The standard InChI is InChI=1S/C13H19N3O4/c1-19-6-8(2-3-17)15-10-5-11-12(4-9(10)14)20-7-13(18)16-11/h4-5,8,15,17H,2-3,6-7,14H2,1H3,(H,16,18). The average molecular weight is 281 g/mol. The van der Waals surface area contributed by atoms with E-state index in [1.807, 2.05) is 0 Å². The molecule has 0 spiro atoms. The number of anilines is 3. The first-order valence-electron chi connectivity index (χ1n) is 6.36. The van der Waals surface area contributed by atoms with Crippen molar-refractivity contribution < 1.29 is 19.4 Å². The Balaban J connectivity index is 2.18. The van der Waals surface area contributed by atoms with Crippen molar-refractivity contribution in [2.24, 2.45) is 0 Å². The van der Waals surface area contributed by atoms with Crippen molar-refractivity contribution in [3.05, 3.63) is 12.1 Å². The maximum Gasteiger partial charge on any atom is 0.262 e. The first-order valence-corrected chi connectivity index (χ1v) is 6.36. The SMILES string of the molecule is COCC(CCO)Nc1cc2c(cc1N)OCC(=O)N2. The van der Waals surface area contributed by atoms with Crippen molar-refractivity contribution >= 4 is 23.0 Å². The Morgan fingerprint density at radius 3 is 3.10 bits per heavy atom. The fraction of sp³-hybridized carbons (Fsp3) is 0.462. The summed E-state index contributed by atoms with van der Waals surface area (Å²) in [7, 11) is 1.59. The molecule has 0 saturated carbocycles. The minimum absolute atomic E-state index is 0.00394. The van der Waals surface area contributed by atoms with Crippen LogP contribution in [-0.4, -0.2) is 44.0 Å². The normalized spacial score (nSPS) is 15.0. The summed E-state index contributed by atoms with van der Waals surface area (Å²) < 4.78 is 10.4. The van der Waals surface area contributed by atoms with E-state index in [4.69, 9.17) is 20.3 Å². The first kappa shape index (κ1) is 14.4. The highest BCUT2D eigenvalue weighted by Crippen LogP contribution is 2.35. The number of aliphatic hydroxyl groups is 1. The largest absolute Gasteiger partial charge is 0.482 e. The first-order chi connectivity index (χ1) is 9.63. The Kier molecular flexibility index (Phi) is 4.65. The van der Waals surface area contributed by atoms with Crippen molar-refractivity contribution in [2.45, 2.75) is 12.5 Å². The number of nitrogen functional groups attached to an aromatic ring is 1. The summed E-state index contributed by atoms with van der Waals surface area (Å²) in [5.74, 6) is 0.357. The van der Waals surface area contributed by atoms with Crippen LogP contribution in [0.5, 0.6) is 5.75 Å². The van der Waals surface area contributed by atoms with Gasteiger partial charge in [0.15, 0.2) is 6.61 Å². The van der Waals surface area contributed by atoms with Crippen LogP contribution in [0.4, 0.5) is 17.1 Å². The highest BCUT2D eigenvalue weighted by Gasteiger charge is 2.19. The number of methoxy groups -OCH3 is 1. The van der Waals surface area contributed by atoms with Gasteiger partial charge in [0.05, 0.1) is 29.7 Å². The smallest absolute Gasteiger partial charge is 0.262 e. The van der Waals surface area contributed by atoms with Crippen molar-refractivity contribution in [1.29, 1.82) is 0 Å². The number of nitrogens with two attached hydrogens (primary N) is 1. The van der Waals surface area contributed by atoms with Gasteiger partial charge in [0.2, 0.25) is 0 Å². The summed E-state index contributed by atoms with van der Waals surface area (Å²) >= 11 is 0. The zero-order valence-corrected chi connectivity index (χ0v) is 11.3. The van der Waals surface area contributed by atoms with Gasteiger partial charge >= 0.3 is 0 Å². The summed E-state index contributed by atoms with van der Waals surface area (Å²) in [5, 5.41) is 15.0. The van der Waals surface area contributed by atoms with Crippen LogP contribution in [-0.2, 0) is 9.53 Å². The number of aliphatic hydroxyl groups excluding tert-OH is 1. The lowest BCUT2D eigenvalue weighted by Crippen LogP contribution is -2.28. The summed E-state index contributed by atoms with van der Waals surface area (Å²) in [5.41, 5.74) is 7.73. The molecule has 1 aliphatic heterocycles. The van der Waals surface area contributed by atoms with Gasteiger partial charge < -0.3 is 30.9 Å². The van der Waals surface area contributed by atoms with Crippen LogP contribution in [0.3, 0.4) is 0 Å². The van der Waals surface area contributed by atoms with Crippen molar-refractivity contribution in [1.82, 2.24) is 0 Å². The van der Waals surface area contributed by atoms with Gasteiger partial charge in [-0.25, -0.2) is 0 Å². The number of amides is 1. The van der Waals surface area contributed by atoms with Crippen LogP contribution in [0.25, 0.3) is 0 Å². The molecule has 1 unspecified atom stereocenters. The van der Waals surface area contributed by atoms with E-state index in [1.165, 1.54) is 0 Å². The van der Waals surface area contributed by atoms with Crippen LogP contribution in [0.2, 0.25) is 0 Å². The molecule has 0 aliphatic carbocycles. The summed E-state index contributed by atoms with van der Waals surface area (Å²) in [4.78, 5) is 11.3. The van der Waals surface area contributed by atoms with Crippen molar-refractivity contribution in [3.8, 4) is 5.75 Å². The number of hydrogen-bond donors (Lipinski definition) is 4. The topological polar surface area (TPSA) is 106 Å². The van der Waals surface area contributed by atoms with Gasteiger partial charge in [0.1, 0.15) is 5.75 Å². The molecule has 7 nitrogen and oxygen atoms in total. The van der Waals surface area contributed by atoms with Crippen LogP contribution in [0.15, 0.2) is 12.1 Å². The van der Waals surface area contributed by atoms with E-state index in [1.54, 1.807) is 19.2 Å². The van der Waals surface area contributed by atoms with E-state index < -0.39 is 0 Å². The third kappa shape index (κ3) is 3.31. The lowest BCUT2D eigenvalue weighted by Gasteiger charge is -2.23. The maximum atomic E-state index is 11.3. The molecule has 110 valence electrons. The molecule has 5 N–H and O–H groups in total. The second-order valence-electron chi connectivity index (χ2n) is 4.58. The van der Waals surface area contributed by atoms with Gasteiger partial charge in [0.25, 0.3) is 5.91 Å². The fourth-order valence-corrected chi connectivity index (χ4v) is 2.04. The summed E-state index contributed by atoms with van der Waals surface area (Å²) in [6.07, 6.45) is 0.535. The Bertz CT molecular complexity index is 487. The third-order valence-electron chi connectivity index (χ3n) is 2.99.